The lowest BCUT2D eigenvalue weighted by Gasteiger charge is -2.37. The molecular formula is C15H24N2O5. The minimum absolute atomic E-state index is 0.0430. The van der Waals surface area contributed by atoms with E-state index in [1.165, 1.54) is 4.90 Å². The van der Waals surface area contributed by atoms with Gasteiger partial charge in [-0.25, -0.2) is 4.79 Å². The van der Waals surface area contributed by atoms with E-state index in [-0.39, 0.29) is 11.7 Å². The predicted molar refractivity (Wildman–Crippen MR) is 77.3 cm³/mol. The average molecular weight is 312 g/mol. The fourth-order valence-corrected chi connectivity index (χ4v) is 3.62. The Balaban J connectivity index is 1.43. The fraction of sp³-hybridized carbons (Fsp3) is 0.867. The first-order valence-corrected chi connectivity index (χ1v) is 8.12. The molecule has 0 radical (unpaired) electrons. The highest BCUT2D eigenvalue weighted by molar-refractivity contribution is 5.84. The van der Waals surface area contributed by atoms with Crippen LogP contribution < -0.4 is 0 Å². The van der Waals surface area contributed by atoms with Crippen LogP contribution in [0.5, 0.6) is 0 Å². The summed E-state index contributed by atoms with van der Waals surface area (Å²) in [6.07, 6.45) is 3.41. The highest BCUT2D eigenvalue weighted by atomic mass is 16.7. The Morgan fingerprint density at radius 3 is 2.45 bits per heavy atom. The molecule has 0 saturated carbocycles. The van der Waals surface area contributed by atoms with Crippen molar-refractivity contribution in [2.45, 2.75) is 43.9 Å². The van der Waals surface area contributed by atoms with Crippen LogP contribution in [0.2, 0.25) is 0 Å². The molecule has 3 fully saturated rings. The molecule has 3 saturated heterocycles. The SMILES string of the molecule is O=C(O)C1CCCN1C(=O)CCN1CCC2(CC1)OCCO2. The molecule has 3 rings (SSSR count). The average Bonchev–Trinajstić information content (AvgIpc) is 3.16. The second-order valence-electron chi connectivity index (χ2n) is 6.28. The zero-order valence-electron chi connectivity index (χ0n) is 12.8. The van der Waals surface area contributed by atoms with Crippen LogP contribution in [0.3, 0.4) is 0 Å². The van der Waals surface area contributed by atoms with Crippen LogP contribution in [0.4, 0.5) is 0 Å². The van der Waals surface area contributed by atoms with Gasteiger partial charge in [0.05, 0.1) is 13.2 Å². The van der Waals surface area contributed by atoms with E-state index in [2.05, 4.69) is 4.90 Å². The lowest BCUT2D eigenvalue weighted by Crippen LogP contribution is -2.46. The predicted octanol–water partition coefficient (Wildman–Crippen LogP) is 0.291. The lowest BCUT2D eigenvalue weighted by molar-refractivity contribution is -0.185. The summed E-state index contributed by atoms with van der Waals surface area (Å²) in [7, 11) is 0. The summed E-state index contributed by atoms with van der Waals surface area (Å²) in [4.78, 5) is 27.1. The van der Waals surface area contributed by atoms with E-state index in [0.717, 1.165) is 32.4 Å². The maximum atomic E-state index is 12.2. The topological polar surface area (TPSA) is 79.3 Å². The number of amides is 1. The van der Waals surface area contributed by atoms with Gasteiger partial charge in [-0.15, -0.1) is 0 Å². The number of carbonyl (C=O) groups is 2. The van der Waals surface area contributed by atoms with Crippen molar-refractivity contribution < 1.29 is 24.2 Å². The van der Waals surface area contributed by atoms with Crippen LogP contribution >= 0.6 is 0 Å². The molecule has 0 aliphatic carbocycles. The molecule has 1 spiro atoms. The molecule has 1 atom stereocenters. The van der Waals surface area contributed by atoms with E-state index in [1.807, 2.05) is 0 Å². The minimum atomic E-state index is -0.888. The number of ether oxygens (including phenoxy) is 2. The quantitative estimate of drug-likeness (QED) is 0.804. The number of carbonyl (C=O) groups excluding carboxylic acids is 1. The lowest BCUT2D eigenvalue weighted by atomic mass is 10.0. The summed E-state index contributed by atoms with van der Waals surface area (Å²) in [5.41, 5.74) is 0. The van der Waals surface area contributed by atoms with Gasteiger partial charge in [0.2, 0.25) is 5.91 Å². The molecule has 7 nitrogen and oxygen atoms in total. The fourth-order valence-electron chi connectivity index (χ4n) is 3.62. The van der Waals surface area contributed by atoms with Crippen molar-refractivity contribution in [3.8, 4) is 0 Å². The molecule has 3 aliphatic heterocycles. The van der Waals surface area contributed by atoms with Gasteiger partial charge in [-0.05, 0) is 12.8 Å². The van der Waals surface area contributed by atoms with E-state index in [4.69, 9.17) is 14.6 Å². The summed E-state index contributed by atoms with van der Waals surface area (Å²) in [5.74, 6) is -1.32. The summed E-state index contributed by atoms with van der Waals surface area (Å²) < 4.78 is 11.4. The maximum absolute atomic E-state index is 12.2. The molecule has 1 unspecified atom stereocenters. The molecule has 22 heavy (non-hydrogen) atoms. The van der Waals surface area contributed by atoms with Crippen molar-refractivity contribution in [3.05, 3.63) is 0 Å². The van der Waals surface area contributed by atoms with E-state index >= 15 is 0 Å². The highest BCUT2D eigenvalue weighted by Gasteiger charge is 2.40. The second-order valence-corrected chi connectivity index (χ2v) is 6.28. The number of likely N-dealkylation sites (tertiary alicyclic amines) is 2. The molecule has 1 N–H and O–H groups in total. The standard InChI is InChI=1S/C15H24N2O5/c18-13(17-6-1-2-12(17)14(19)20)3-7-16-8-4-15(5-9-16)21-10-11-22-15/h12H,1-11H2,(H,19,20). The molecule has 7 heteroatoms. The molecule has 1 amide bonds. The molecule has 0 aromatic rings. The van der Waals surface area contributed by atoms with Gasteiger partial charge in [0.15, 0.2) is 5.79 Å². The molecule has 0 bridgehead atoms. The first-order chi connectivity index (χ1) is 10.6. The van der Waals surface area contributed by atoms with E-state index in [1.54, 1.807) is 0 Å². The number of rotatable bonds is 4. The molecule has 0 aromatic carbocycles. The third kappa shape index (κ3) is 3.26. The van der Waals surface area contributed by atoms with Gasteiger partial charge in [0.1, 0.15) is 6.04 Å². The van der Waals surface area contributed by atoms with E-state index < -0.39 is 12.0 Å². The molecule has 3 aliphatic rings. The number of carboxylic acids is 1. The monoisotopic (exact) mass is 312 g/mol. The minimum Gasteiger partial charge on any atom is -0.480 e. The first-order valence-electron chi connectivity index (χ1n) is 8.12. The summed E-state index contributed by atoms with van der Waals surface area (Å²) in [5, 5.41) is 9.14. The summed E-state index contributed by atoms with van der Waals surface area (Å²) in [6.45, 7) is 4.30. The van der Waals surface area contributed by atoms with Crippen molar-refractivity contribution in [2.24, 2.45) is 0 Å². The summed E-state index contributed by atoms with van der Waals surface area (Å²) >= 11 is 0. The molecule has 124 valence electrons. The Kier molecular flexibility index (Phi) is 4.65. The molecular weight excluding hydrogens is 288 g/mol. The van der Waals surface area contributed by atoms with Crippen molar-refractivity contribution in [1.29, 1.82) is 0 Å². The Hall–Kier alpha value is -1.18. The Bertz CT molecular complexity index is 426. The van der Waals surface area contributed by atoms with Gasteiger partial charge in [0.25, 0.3) is 0 Å². The first kappa shape index (κ1) is 15.7. The number of carboxylic acid groups (broad SMARTS) is 1. The largest absolute Gasteiger partial charge is 0.480 e. The van der Waals surface area contributed by atoms with Crippen molar-refractivity contribution in [2.75, 3.05) is 39.4 Å². The number of hydrogen-bond donors (Lipinski definition) is 1. The van der Waals surface area contributed by atoms with Gasteiger partial charge >= 0.3 is 5.97 Å². The van der Waals surface area contributed by atoms with Crippen LogP contribution in [0, 0.1) is 0 Å². The van der Waals surface area contributed by atoms with Crippen molar-refractivity contribution in [3.63, 3.8) is 0 Å². The van der Waals surface area contributed by atoms with Crippen LogP contribution in [0.1, 0.15) is 32.1 Å². The van der Waals surface area contributed by atoms with E-state index in [0.29, 0.717) is 39.1 Å². The summed E-state index contributed by atoms with van der Waals surface area (Å²) in [6, 6.07) is -0.627. The van der Waals surface area contributed by atoms with Crippen molar-refractivity contribution in [1.82, 2.24) is 9.80 Å². The smallest absolute Gasteiger partial charge is 0.326 e. The number of aliphatic carboxylic acids is 1. The van der Waals surface area contributed by atoms with Crippen molar-refractivity contribution >= 4 is 11.9 Å². The number of nitrogens with zero attached hydrogens (tertiary/aromatic N) is 2. The number of piperidine rings is 1. The van der Waals surface area contributed by atoms with Gasteiger partial charge in [-0.3, -0.25) is 4.79 Å². The molecule has 3 heterocycles. The van der Waals surface area contributed by atoms with Gasteiger partial charge in [-0.1, -0.05) is 0 Å². The number of hydrogen-bond acceptors (Lipinski definition) is 5. The highest BCUT2D eigenvalue weighted by Crippen LogP contribution is 2.31. The van der Waals surface area contributed by atoms with Crippen LogP contribution in [-0.2, 0) is 19.1 Å². The maximum Gasteiger partial charge on any atom is 0.326 e. The van der Waals surface area contributed by atoms with Gasteiger partial charge < -0.3 is 24.4 Å². The van der Waals surface area contributed by atoms with Crippen LogP contribution in [-0.4, -0.2) is 78.0 Å². The van der Waals surface area contributed by atoms with Crippen LogP contribution in [0.25, 0.3) is 0 Å². The zero-order valence-corrected chi connectivity index (χ0v) is 12.8. The van der Waals surface area contributed by atoms with Crippen LogP contribution in [0.15, 0.2) is 0 Å². The normalized spacial score (nSPS) is 28.4. The second kappa shape index (κ2) is 6.52. The Labute approximate surface area is 130 Å². The Morgan fingerprint density at radius 1 is 1.14 bits per heavy atom. The van der Waals surface area contributed by atoms with E-state index in [9.17, 15) is 9.59 Å². The van der Waals surface area contributed by atoms with Gasteiger partial charge in [0, 0.05) is 45.4 Å². The zero-order chi connectivity index (χ0) is 15.6. The Morgan fingerprint density at radius 2 is 1.82 bits per heavy atom. The third-order valence-electron chi connectivity index (χ3n) is 4.93. The third-order valence-corrected chi connectivity index (χ3v) is 4.93. The molecule has 0 aromatic heterocycles. The van der Waals surface area contributed by atoms with Gasteiger partial charge in [-0.2, -0.15) is 0 Å².